The van der Waals surface area contributed by atoms with E-state index in [9.17, 15) is 13.2 Å². The molecule has 62 valence electrons. The molecule has 0 fully saturated rings. The van der Waals surface area contributed by atoms with Gasteiger partial charge in [0, 0.05) is 0 Å². The van der Waals surface area contributed by atoms with Crippen molar-refractivity contribution in [2.75, 3.05) is 0 Å². The van der Waals surface area contributed by atoms with Crippen molar-refractivity contribution in [3.63, 3.8) is 0 Å². The van der Waals surface area contributed by atoms with Crippen molar-refractivity contribution in [1.29, 1.82) is 5.26 Å². The minimum absolute atomic E-state index is 0.590. The molecule has 1 heterocycles. The van der Waals surface area contributed by atoms with Gasteiger partial charge in [-0.05, 0) is 12.1 Å². The zero-order chi connectivity index (χ0) is 9.14. The van der Waals surface area contributed by atoms with Crippen LogP contribution in [0.5, 0.6) is 0 Å². The van der Waals surface area contributed by atoms with E-state index >= 15 is 0 Å². The Morgan fingerprint density at radius 1 is 1.42 bits per heavy atom. The monoisotopic (exact) mass is 172 g/mol. The van der Waals surface area contributed by atoms with Crippen LogP contribution in [0.3, 0.4) is 0 Å². The Morgan fingerprint density at radius 3 is 2.58 bits per heavy atom. The zero-order valence-corrected chi connectivity index (χ0v) is 5.76. The summed E-state index contributed by atoms with van der Waals surface area (Å²) < 4.78 is 36.3. The molecule has 0 atom stereocenters. The van der Waals surface area contributed by atoms with Crippen LogP contribution in [0, 0.1) is 17.1 Å². The highest BCUT2D eigenvalue weighted by Gasteiger charge is 2.11. The van der Waals surface area contributed by atoms with Crippen LogP contribution in [-0.2, 0) is 0 Å². The van der Waals surface area contributed by atoms with Gasteiger partial charge < -0.3 is 0 Å². The first-order valence-electron chi connectivity index (χ1n) is 3.00. The van der Waals surface area contributed by atoms with E-state index in [4.69, 9.17) is 5.26 Å². The number of hydrogen-bond donors (Lipinski definition) is 0. The fraction of sp³-hybridized carbons (Fsp3) is 0.143. The molecule has 0 bridgehead atoms. The number of hydrogen-bond acceptors (Lipinski definition) is 2. The maximum Gasteiger partial charge on any atom is 0.280 e. The number of alkyl halides is 2. The molecule has 0 N–H and O–H groups in total. The number of nitrogens with zero attached hydrogens (tertiary/aromatic N) is 2. The van der Waals surface area contributed by atoms with Gasteiger partial charge in [0.25, 0.3) is 6.43 Å². The van der Waals surface area contributed by atoms with Crippen molar-refractivity contribution < 1.29 is 13.2 Å². The minimum Gasteiger partial charge on any atom is -0.233 e. The molecule has 5 heteroatoms. The summed E-state index contributed by atoms with van der Waals surface area (Å²) in [6.45, 7) is 0. The first-order valence-corrected chi connectivity index (χ1v) is 3.00. The highest BCUT2D eigenvalue weighted by atomic mass is 19.3. The SMILES string of the molecule is N#Cc1nc(C(F)F)ccc1F. The maximum absolute atomic E-state index is 12.5. The summed E-state index contributed by atoms with van der Waals surface area (Å²) in [4.78, 5) is 3.10. The fourth-order valence-electron chi connectivity index (χ4n) is 0.657. The number of pyridine rings is 1. The van der Waals surface area contributed by atoms with Crippen LogP contribution in [0.25, 0.3) is 0 Å². The number of aromatic nitrogens is 1. The van der Waals surface area contributed by atoms with Gasteiger partial charge in [0.15, 0.2) is 11.5 Å². The van der Waals surface area contributed by atoms with Crippen LogP contribution >= 0.6 is 0 Å². The first-order chi connectivity index (χ1) is 5.65. The molecule has 1 aromatic rings. The summed E-state index contributed by atoms with van der Waals surface area (Å²) >= 11 is 0. The van der Waals surface area contributed by atoms with E-state index in [-0.39, 0.29) is 0 Å². The molecule has 1 aromatic heterocycles. The number of nitriles is 1. The van der Waals surface area contributed by atoms with Crippen LogP contribution in [0.15, 0.2) is 12.1 Å². The molecular weight excluding hydrogens is 169 g/mol. The lowest BCUT2D eigenvalue weighted by molar-refractivity contribution is 0.146. The van der Waals surface area contributed by atoms with Gasteiger partial charge in [-0.3, -0.25) is 0 Å². The van der Waals surface area contributed by atoms with Gasteiger partial charge in [-0.15, -0.1) is 0 Å². The van der Waals surface area contributed by atoms with Crippen molar-refractivity contribution in [1.82, 2.24) is 4.98 Å². The smallest absolute Gasteiger partial charge is 0.233 e. The van der Waals surface area contributed by atoms with Crippen LogP contribution in [0.4, 0.5) is 13.2 Å². The minimum atomic E-state index is -2.78. The van der Waals surface area contributed by atoms with Gasteiger partial charge in [-0.2, -0.15) is 5.26 Å². The largest absolute Gasteiger partial charge is 0.280 e. The molecule has 0 saturated carbocycles. The molecule has 0 saturated heterocycles. The molecule has 0 amide bonds. The Bertz CT molecular complexity index is 330. The molecule has 0 aliphatic rings. The molecular formula is C7H3F3N2. The van der Waals surface area contributed by atoms with E-state index in [1.165, 1.54) is 6.07 Å². The van der Waals surface area contributed by atoms with Crippen LogP contribution < -0.4 is 0 Å². The number of halogens is 3. The van der Waals surface area contributed by atoms with Gasteiger partial charge in [0.1, 0.15) is 11.8 Å². The third-order valence-electron chi connectivity index (χ3n) is 1.20. The van der Waals surface area contributed by atoms with E-state index in [1.807, 2.05) is 0 Å². The average Bonchev–Trinajstić information content (AvgIpc) is 2.05. The second kappa shape index (κ2) is 3.22. The van der Waals surface area contributed by atoms with Crippen molar-refractivity contribution in [2.45, 2.75) is 6.43 Å². The maximum atomic E-state index is 12.5. The molecule has 0 aliphatic heterocycles. The van der Waals surface area contributed by atoms with E-state index in [0.29, 0.717) is 0 Å². The van der Waals surface area contributed by atoms with E-state index < -0.39 is 23.6 Å². The molecule has 0 radical (unpaired) electrons. The highest BCUT2D eigenvalue weighted by Crippen LogP contribution is 2.17. The lowest BCUT2D eigenvalue weighted by Crippen LogP contribution is -1.95. The van der Waals surface area contributed by atoms with Gasteiger partial charge in [0.05, 0.1) is 0 Å². The zero-order valence-electron chi connectivity index (χ0n) is 5.76. The molecule has 0 unspecified atom stereocenters. The van der Waals surface area contributed by atoms with Crippen molar-refractivity contribution in [3.8, 4) is 6.07 Å². The summed E-state index contributed by atoms with van der Waals surface area (Å²) in [5, 5.41) is 8.23. The van der Waals surface area contributed by atoms with Crippen LogP contribution in [0.1, 0.15) is 17.8 Å². The predicted octanol–water partition coefficient (Wildman–Crippen LogP) is 2.03. The normalized spacial score (nSPS) is 9.92. The second-order valence-electron chi connectivity index (χ2n) is 1.98. The Labute approximate surface area is 66.3 Å². The second-order valence-corrected chi connectivity index (χ2v) is 1.98. The summed E-state index contributed by atoms with van der Waals surface area (Å²) in [7, 11) is 0. The summed E-state index contributed by atoms with van der Waals surface area (Å²) in [6, 6.07) is 3.02. The van der Waals surface area contributed by atoms with Gasteiger partial charge in [0.2, 0.25) is 0 Å². The van der Waals surface area contributed by atoms with Gasteiger partial charge in [-0.25, -0.2) is 18.2 Å². The third-order valence-corrected chi connectivity index (χ3v) is 1.20. The topological polar surface area (TPSA) is 36.7 Å². The Kier molecular flexibility index (Phi) is 2.29. The number of rotatable bonds is 1. The first kappa shape index (κ1) is 8.53. The lowest BCUT2D eigenvalue weighted by atomic mass is 10.3. The standard InChI is InChI=1S/C7H3F3N2/c8-4-1-2-5(7(9)10)12-6(4)3-11/h1-2,7H. The van der Waals surface area contributed by atoms with Crippen LogP contribution in [0.2, 0.25) is 0 Å². The van der Waals surface area contributed by atoms with Crippen molar-refractivity contribution in [2.24, 2.45) is 0 Å². The Morgan fingerprint density at radius 2 is 2.08 bits per heavy atom. The van der Waals surface area contributed by atoms with Crippen LogP contribution in [-0.4, -0.2) is 4.98 Å². The highest BCUT2D eigenvalue weighted by molar-refractivity contribution is 5.24. The predicted molar refractivity (Wildman–Crippen MR) is 33.9 cm³/mol. The molecule has 0 spiro atoms. The van der Waals surface area contributed by atoms with Gasteiger partial charge >= 0.3 is 0 Å². The molecule has 1 rings (SSSR count). The third kappa shape index (κ3) is 1.53. The van der Waals surface area contributed by atoms with E-state index in [0.717, 1.165) is 12.1 Å². The van der Waals surface area contributed by atoms with Crippen molar-refractivity contribution in [3.05, 3.63) is 29.3 Å². The molecule has 0 aromatic carbocycles. The fourth-order valence-corrected chi connectivity index (χ4v) is 0.657. The van der Waals surface area contributed by atoms with Gasteiger partial charge in [-0.1, -0.05) is 0 Å². The quantitative estimate of drug-likeness (QED) is 0.649. The molecule has 2 nitrogen and oxygen atoms in total. The van der Waals surface area contributed by atoms with Crippen molar-refractivity contribution >= 4 is 0 Å². The average molecular weight is 172 g/mol. The summed E-state index contributed by atoms with van der Waals surface area (Å²) in [5.74, 6) is -0.887. The Balaban J connectivity index is 3.16. The van der Waals surface area contributed by atoms with E-state index in [2.05, 4.69) is 4.98 Å². The summed E-state index contributed by atoms with van der Waals surface area (Å²) in [5.41, 5.74) is -1.19. The molecule has 12 heavy (non-hydrogen) atoms. The molecule has 0 aliphatic carbocycles. The summed E-state index contributed by atoms with van der Waals surface area (Å²) in [6.07, 6.45) is -2.78. The Hall–Kier alpha value is -1.57. The van der Waals surface area contributed by atoms with E-state index in [1.54, 1.807) is 0 Å². The lowest BCUT2D eigenvalue weighted by Gasteiger charge is -1.98.